The Bertz CT molecular complexity index is 922. The van der Waals surface area contributed by atoms with Crippen LogP contribution in [0.25, 0.3) is 0 Å². The number of ether oxygens (including phenoxy) is 1. The molecule has 1 aromatic carbocycles. The molecule has 0 radical (unpaired) electrons. The van der Waals surface area contributed by atoms with E-state index in [1.165, 1.54) is 11.1 Å². The molecule has 164 valence electrons. The lowest BCUT2D eigenvalue weighted by atomic mass is 10.0. The lowest BCUT2D eigenvalue weighted by Gasteiger charge is -2.36. The topological polar surface area (TPSA) is 59.5 Å². The van der Waals surface area contributed by atoms with Crippen LogP contribution in [0.3, 0.4) is 0 Å². The second kappa shape index (κ2) is 9.06. The molecule has 0 aliphatic carbocycles. The average Bonchev–Trinajstić information content (AvgIpc) is 2.66. The van der Waals surface area contributed by atoms with Gasteiger partial charge in [-0.3, -0.25) is 0 Å². The molecule has 5 nitrogen and oxygen atoms in total. The first-order valence-electron chi connectivity index (χ1n) is 10.7. The first-order valence-corrected chi connectivity index (χ1v) is 12.3. The lowest BCUT2D eigenvalue weighted by molar-refractivity contribution is -0.00546. The molecule has 6 heteroatoms. The zero-order valence-corrected chi connectivity index (χ0v) is 19.6. The Morgan fingerprint density at radius 2 is 1.47 bits per heavy atom. The highest BCUT2D eigenvalue weighted by Crippen LogP contribution is 2.22. The molecular formula is C24H34N2O3S. The molecule has 1 aliphatic heterocycles. The van der Waals surface area contributed by atoms with Crippen LogP contribution in [-0.2, 0) is 33.2 Å². The van der Waals surface area contributed by atoms with E-state index < -0.39 is 14.6 Å². The molecule has 2 heterocycles. The number of hydrogen-bond donors (Lipinski definition) is 0. The molecule has 1 aliphatic rings. The summed E-state index contributed by atoms with van der Waals surface area (Å²) in [5, 5.41) is 0. The van der Waals surface area contributed by atoms with Gasteiger partial charge < -0.3 is 9.64 Å². The largest absolute Gasteiger partial charge is 0.372 e. The van der Waals surface area contributed by atoms with E-state index in [2.05, 4.69) is 35.9 Å². The van der Waals surface area contributed by atoms with Crippen LogP contribution < -0.4 is 4.90 Å². The van der Waals surface area contributed by atoms with Gasteiger partial charge in [0.2, 0.25) is 0 Å². The lowest BCUT2D eigenvalue weighted by Crippen LogP contribution is -2.45. The van der Waals surface area contributed by atoms with E-state index in [1.54, 1.807) is 20.8 Å². The van der Waals surface area contributed by atoms with Crippen LogP contribution in [0.2, 0.25) is 0 Å². The Labute approximate surface area is 181 Å². The number of morpholine rings is 1. The van der Waals surface area contributed by atoms with Gasteiger partial charge in [0.05, 0.1) is 22.7 Å². The molecule has 0 saturated carbocycles. The Kier molecular flexibility index (Phi) is 6.88. The van der Waals surface area contributed by atoms with Gasteiger partial charge in [-0.1, -0.05) is 30.3 Å². The van der Waals surface area contributed by atoms with Crippen molar-refractivity contribution in [3.05, 3.63) is 59.3 Å². The van der Waals surface area contributed by atoms with Crippen LogP contribution in [0.1, 0.15) is 51.3 Å². The summed E-state index contributed by atoms with van der Waals surface area (Å²) in [4.78, 5) is 6.95. The number of pyridine rings is 1. The number of nitrogens with zero attached hydrogens (tertiary/aromatic N) is 2. The summed E-state index contributed by atoms with van der Waals surface area (Å²) in [6.45, 7) is 11.2. The zero-order chi connectivity index (χ0) is 21.9. The molecule has 1 saturated heterocycles. The molecule has 2 aromatic rings. The van der Waals surface area contributed by atoms with Crippen molar-refractivity contribution in [1.29, 1.82) is 0 Å². The van der Waals surface area contributed by atoms with Crippen LogP contribution in [0.5, 0.6) is 0 Å². The third-order valence-electron chi connectivity index (χ3n) is 5.57. The maximum Gasteiger partial charge on any atom is 0.159 e. The minimum Gasteiger partial charge on any atom is -0.372 e. The summed E-state index contributed by atoms with van der Waals surface area (Å²) >= 11 is 0. The summed E-state index contributed by atoms with van der Waals surface area (Å²) in [5.74, 6) is 1.09. The van der Waals surface area contributed by atoms with Gasteiger partial charge >= 0.3 is 0 Å². The fraction of sp³-hybridized carbons (Fsp3) is 0.542. The summed E-state index contributed by atoms with van der Waals surface area (Å²) < 4.78 is 29.8. The highest BCUT2D eigenvalue weighted by Gasteiger charge is 2.28. The van der Waals surface area contributed by atoms with Gasteiger partial charge in [-0.25, -0.2) is 13.4 Å². The van der Waals surface area contributed by atoms with Gasteiger partial charge in [0.25, 0.3) is 0 Å². The second-order valence-electron chi connectivity index (χ2n) is 9.37. The van der Waals surface area contributed by atoms with Crippen molar-refractivity contribution in [1.82, 2.24) is 4.98 Å². The molecule has 0 bridgehead atoms. The molecule has 0 N–H and O–H groups in total. The minimum atomic E-state index is -3.16. The van der Waals surface area contributed by atoms with Crippen molar-refractivity contribution >= 4 is 15.7 Å². The van der Waals surface area contributed by atoms with Crippen LogP contribution in [-0.4, -0.2) is 43.4 Å². The van der Waals surface area contributed by atoms with Gasteiger partial charge in [0.15, 0.2) is 9.84 Å². The predicted molar refractivity (Wildman–Crippen MR) is 123 cm³/mol. The van der Waals surface area contributed by atoms with Gasteiger partial charge in [-0.15, -0.1) is 0 Å². The van der Waals surface area contributed by atoms with Crippen molar-refractivity contribution in [2.75, 3.05) is 18.0 Å². The van der Waals surface area contributed by atoms with Crippen molar-refractivity contribution in [3.8, 4) is 0 Å². The molecule has 0 unspecified atom stereocenters. The van der Waals surface area contributed by atoms with E-state index in [-0.39, 0.29) is 18.0 Å². The first kappa shape index (κ1) is 22.8. The van der Waals surface area contributed by atoms with E-state index in [0.717, 1.165) is 37.3 Å². The first-order chi connectivity index (χ1) is 14.0. The molecular weight excluding hydrogens is 396 g/mol. The molecule has 3 rings (SSSR count). The number of benzene rings is 1. The van der Waals surface area contributed by atoms with E-state index in [9.17, 15) is 8.42 Å². The van der Waals surface area contributed by atoms with Gasteiger partial charge in [0.1, 0.15) is 5.82 Å². The Morgan fingerprint density at radius 1 is 0.933 bits per heavy atom. The molecule has 2 atom stereocenters. The van der Waals surface area contributed by atoms with Gasteiger partial charge in [-0.05, 0) is 70.2 Å². The fourth-order valence-corrected chi connectivity index (χ4v) is 4.71. The SMILES string of the molecule is C[C@@H]1CN(c2ccc(CCc3ccc(CS(=O)(=O)C(C)(C)C)cc3)cn2)C[C@@H](C)O1. The van der Waals surface area contributed by atoms with Crippen LogP contribution in [0.15, 0.2) is 42.6 Å². The number of rotatable bonds is 6. The monoisotopic (exact) mass is 430 g/mol. The van der Waals surface area contributed by atoms with E-state index >= 15 is 0 Å². The van der Waals surface area contributed by atoms with E-state index in [1.807, 2.05) is 30.5 Å². The smallest absolute Gasteiger partial charge is 0.159 e. The number of hydrogen-bond acceptors (Lipinski definition) is 5. The average molecular weight is 431 g/mol. The van der Waals surface area contributed by atoms with Crippen molar-refractivity contribution in [3.63, 3.8) is 0 Å². The molecule has 1 fully saturated rings. The Balaban J connectivity index is 1.56. The third kappa shape index (κ3) is 5.82. The van der Waals surface area contributed by atoms with Crippen LogP contribution in [0, 0.1) is 0 Å². The summed E-state index contributed by atoms with van der Waals surface area (Å²) in [6.07, 6.45) is 4.21. The maximum atomic E-state index is 12.4. The van der Waals surface area contributed by atoms with E-state index in [4.69, 9.17) is 4.74 Å². The third-order valence-corrected chi connectivity index (χ3v) is 8.15. The van der Waals surface area contributed by atoms with Gasteiger partial charge in [0, 0.05) is 19.3 Å². The van der Waals surface area contributed by atoms with Gasteiger partial charge in [-0.2, -0.15) is 0 Å². The van der Waals surface area contributed by atoms with Crippen LogP contribution >= 0.6 is 0 Å². The fourth-order valence-electron chi connectivity index (χ4n) is 3.64. The summed E-state index contributed by atoms with van der Waals surface area (Å²) in [6, 6.07) is 12.2. The normalized spacial score (nSPS) is 20.4. The Hall–Kier alpha value is -1.92. The molecule has 0 amide bonds. The van der Waals surface area contributed by atoms with Crippen molar-refractivity contribution < 1.29 is 13.2 Å². The number of anilines is 1. The highest BCUT2D eigenvalue weighted by molar-refractivity contribution is 7.91. The maximum absolute atomic E-state index is 12.4. The van der Waals surface area contributed by atoms with Crippen molar-refractivity contribution in [2.24, 2.45) is 0 Å². The standard InChI is InChI=1S/C24H34N2O3S/c1-18-15-26(16-19(2)29-18)23-13-12-21(14-25-23)9-6-20-7-10-22(11-8-20)17-30(27,28)24(3,4)5/h7-8,10-14,18-19H,6,9,15-17H2,1-5H3/t18-,19-/m1/s1. The summed E-state index contributed by atoms with van der Waals surface area (Å²) in [5.41, 5.74) is 3.24. The number of sulfone groups is 1. The molecule has 0 spiro atoms. The summed E-state index contributed by atoms with van der Waals surface area (Å²) in [7, 11) is -3.16. The minimum absolute atomic E-state index is 0.0843. The Morgan fingerprint density at radius 3 is 2.00 bits per heavy atom. The second-order valence-corrected chi connectivity index (χ2v) is 12.1. The molecule has 1 aromatic heterocycles. The highest BCUT2D eigenvalue weighted by atomic mass is 32.2. The predicted octanol–water partition coefficient (Wildman–Crippen LogP) is 4.19. The number of aromatic nitrogens is 1. The number of aryl methyl sites for hydroxylation is 2. The van der Waals surface area contributed by atoms with Crippen molar-refractivity contribution in [2.45, 2.75) is 70.2 Å². The molecule has 30 heavy (non-hydrogen) atoms. The zero-order valence-electron chi connectivity index (χ0n) is 18.8. The van der Waals surface area contributed by atoms with E-state index in [0.29, 0.717) is 0 Å². The van der Waals surface area contributed by atoms with Crippen LogP contribution in [0.4, 0.5) is 5.82 Å². The quantitative estimate of drug-likeness (QED) is 0.688.